The molecule has 16 heteroatoms. The van der Waals surface area contributed by atoms with Crippen LogP contribution in [0, 0.1) is 5.82 Å². The summed E-state index contributed by atoms with van der Waals surface area (Å²) in [5.41, 5.74) is 0.980. The number of hydrazone groups is 1. The van der Waals surface area contributed by atoms with Gasteiger partial charge in [0, 0.05) is 5.69 Å². The number of halogens is 10. The van der Waals surface area contributed by atoms with Crippen molar-refractivity contribution in [3.63, 3.8) is 0 Å². The fourth-order valence-electron chi connectivity index (χ4n) is 2.50. The third-order valence-corrected chi connectivity index (χ3v) is 4.84. The van der Waals surface area contributed by atoms with Crippen LogP contribution in [-0.2, 0) is 6.18 Å². The van der Waals surface area contributed by atoms with Gasteiger partial charge >= 0.3 is 18.7 Å². The first-order valence-electron chi connectivity index (χ1n) is 9.37. The van der Waals surface area contributed by atoms with E-state index in [-0.39, 0.29) is 27.6 Å². The Labute approximate surface area is 206 Å². The van der Waals surface area contributed by atoms with Crippen LogP contribution >= 0.6 is 23.2 Å². The zero-order chi connectivity index (χ0) is 26.7. The van der Waals surface area contributed by atoms with Crippen molar-refractivity contribution in [1.29, 1.82) is 0 Å². The molecule has 0 bridgehead atoms. The molecule has 0 saturated heterocycles. The summed E-state index contributed by atoms with van der Waals surface area (Å²) in [7, 11) is 0. The van der Waals surface area contributed by atoms with Gasteiger partial charge < -0.3 is 10.1 Å². The van der Waals surface area contributed by atoms with Crippen LogP contribution in [-0.4, -0.2) is 28.7 Å². The van der Waals surface area contributed by atoms with Crippen molar-refractivity contribution in [2.45, 2.75) is 18.7 Å². The maximum absolute atomic E-state index is 13.5. The largest absolute Gasteiger partial charge is 0.461 e. The fourth-order valence-corrected chi connectivity index (χ4v) is 2.80. The van der Waals surface area contributed by atoms with Crippen LogP contribution in [0.4, 0.5) is 52.6 Å². The number of nitrogens with one attached hydrogen (secondary N) is 2. The SMILES string of the molecule is Fc1ccc(Nc2nc(N/N=C/c3ccc(OC(F)(F)C(F)F)cc3)nc(Cl)c2Cl)cc1C(F)(F)F. The van der Waals surface area contributed by atoms with Gasteiger partial charge in [-0.1, -0.05) is 23.2 Å². The second kappa shape index (κ2) is 10.7. The molecule has 0 saturated carbocycles. The van der Waals surface area contributed by atoms with E-state index in [2.05, 4.69) is 30.5 Å². The van der Waals surface area contributed by atoms with Crippen LogP contribution in [0.3, 0.4) is 0 Å². The van der Waals surface area contributed by atoms with E-state index < -0.39 is 35.8 Å². The van der Waals surface area contributed by atoms with E-state index in [1.807, 2.05) is 0 Å². The Morgan fingerprint density at radius 3 is 2.25 bits per heavy atom. The molecule has 2 N–H and O–H groups in total. The van der Waals surface area contributed by atoms with Gasteiger partial charge in [0.15, 0.2) is 11.0 Å². The highest BCUT2D eigenvalue weighted by Crippen LogP contribution is 2.35. The topological polar surface area (TPSA) is 71.4 Å². The van der Waals surface area contributed by atoms with Gasteiger partial charge in [-0.05, 0) is 48.0 Å². The Morgan fingerprint density at radius 1 is 0.972 bits per heavy atom. The smallest absolute Gasteiger partial charge is 0.428 e. The molecule has 192 valence electrons. The fraction of sp³-hybridized carbons (Fsp3) is 0.150. The molecule has 0 aliphatic heterocycles. The van der Waals surface area contributed by atoms with Gasteiger partial charge in [0.2, 0.25) is 5.95 Å². The number of aromatic nitrogens is 2. The first-order chi connectivity index (χ1) is 16.8. The van der Waals surface area contributed by atoms with Crippen molar-refractivity contribution in [2.75, 3.05) is 10.7 Å². The lowest BCUT2D eigenvalue weighted by Gasteiger charge is -2.16. The lowest BCUT2D eigenvalue weighted by molar-refractivity contribution is -0.253. The molecule has 36 heavy (non-hydrogen) atoms. The normalized spacial score (nSPS) is 12.3. The number of benzene rings is 2. The summed E-state index contributed by atoms with van der Waals surface area (Å²) < 4.78 is 107. The molecule has 1 heterocycles. The average Bonchev–Trinajstić information content (AvgIpc) is 2.78. The Hall–Kier alpha value is -3.39. The lowest BCUT2D eigenvalue weighted by Crippen LogP contribution is -2.33. The zero-order valence-electron chi connectivity index (χ0n) is 17.2. The van der Waals surface area contributed by atoms with Gasteiger partial charge in [-0.3, -0.25) is 0 Å². The molecule has 3 rings (SSSR count). The predicted molar refractivity (Wildman–Crippen MR) is 116 cm³/mol. The minimum atomic E-state index is -4.94. The molecular formula is C20H11Cl2F8N5O. The van der Waals surface area contributed by atoms with Crippen LogP contribution in [0.25, 0.3) is 0 Å². The van der Waals surface area contributed by atoms with E-state index in [1.54, 1.807) is 0 Å². The minimum Gasteiger partial charge on any atom is -0.428 e. The highest BCUT2D eigenvalue weighted by Gasteiger charge is 2.43. The molecule has 0 radical (unpaired) electrons. The number of hydrogen-bond acceptors (Lipinski definition) is 6. The molecule has 2 aromatic carbocycles. The number of nitrogens with zero attached hydrogens (tertiary/aromatic N) is 3. The van der Waals surface area contributed by atoms with E-state index in [0.29, 0.717) is 17.7 Å². The predicted octanol–water partition coefficient (Wildman–Crippen LogP) is 7.37. The summed E-state index contributed by atoms with van der Waals surface area (Å²) in [4.78, 5) is 7.72. The number of ether oxygens (including phenoxy) is 1. The Bertz CT molecular complexity index is 1260. The van der Waals surface area contributed by atoms with Crippen molar-refractivity contribution >= 4 is 46.9 Å². The standard InChI is InChI=1S/C20H11Cl2F8N5O/c21-14-15(22)33-18(34-16(14)32-10-3-6-13(23)12(7-10)19(26,27)28)35-31-8-9-1-4-11(5-2-9)36-20(29,30)17(24)25/h1-8,17H,(H2,32,33,34,35)/b31-8+. The van der Waals surface area contributed by atoms with Gasteiger partial charge in [-0.15, -0.1) is 0 Å². The Balaban J connectivity index is 1.73. The summed E-state index contributed by atoms with van der Waals surface area (Å²) in [6, 6.07) is 6.62. The van der Waals surface area contributed by atoms with E-state index in [4.69, 9.17) is 23.2 Å². The van der Waals surface area contributed by atoms with Gasteiger partial charge in [-0.2, -0.15) is 45.8 Å². The Morgan fingerprint density at radius 2 is 1.64 bits per heavy atom. The maximum Gasteiger partial charge on any atom is 0.461 e. The number of alkyl halides is 7. The van der Waals surface area contributed by atoms with Crippen LogP contribution < -0.4 is 15.5 Å². The minimum absolute atomic E-state index is 0.199. The second-order valence-corrected chi connectivity index (χ2v) is 7.46. The van der Waals surface area contributed by atoms with Crippen molar-refractivity contribution in [1.82, 2.24) is 9.97 Å². The monoisotopic (exact) mass is 559 g/mol. The third-order valence-electron chi connectivity index (χ3n) is 4.11. The van der Waals surface area contributed by atoms with Crippen LogP contribution in [0.2, 0.25) is 10.2 Å². The first kappa shape index (κ1) is 27.2. The van der Waals surface area contributed by atoms with Gasteiger partial charge in [0.25, 0.3) is 0 Å². The molecular weight excluding hydrogens is 549 g/mol. The van der Waals surface area contributed by atoms with Crippen molar-refractivity contribution in [3.8, 4) is 5.75 Å². The maximum atomic E-state index is 13.5. The van der Waals surface area contributed by atoms with Crippen molar-refractivity contribution < 1.29 is 39.9 Å². The van der Waals surface area contributed by atoms with Crippen LogP contribution in [0.5, 0.6) is 5.75 Å². The number of rotatable bonds is 8. The molecule has 0 spiro atoms. The van der Waals surface area contributed by atoms with E-state index in [0.717, 1.165) is 18.2 Å². The Kier molecular flexibility index (Phi) is 8.09. The summed E-state index contributed by atoms with van der Waals surface area (Å²) >= 11 is 11.9. The highest BCUT2D eigenvalue weighted by atomic mass is 35.5. The van der Waals surface area contributed by atoms with E-state index in [9.17, 15) is 35.1 Å². The molecule has 0 atom stereocenters. The quantitative estimate of drug-likeness (QED) is 0.130. The molecule has 0 amide bonds. The first-order valence-corrected chi connectivity index (χ1v) is 10.1. The molecule has 0 aliphatic carbocycles. The summed E-state index contributed by atoms with van der Waals surface area (Å²) in [5, 5.41) is 5.71. The zero-order valence-corrected chi connectivity index (χ0v) is 18.7. The average molecular weight is 560 g/mol. The second-order valence-electron chi connectivity index (χ2n) is 6.72. The van der Waals surface area contributed by atoms with Crippen LogP contribution in [0.15, 0.2) is 47.6 Å². The molecule has 6 nitrogen and oxygen atoms in total. The molecule has 0 fully saturated rings. The summed E-state index contributed by atoms with van der Waals surface area (Å²) in [6.07, 6.45) is -12.4. The van der Waals surface area contributed by atoms with Gasteiger partial charge in [-0.25, -0.2) is 9.82 Å². The summed E-state index contributed by atoms with van der Waals surface area (Å²) in [5.74, 6) is -2.46. The van der Waals surface area contributed by atoms with Gasteiger partial charge in [0.05, 0.1) is 11.8 Å². The highest BCUT2D eigenvalue weighted by molar-refractivity contribution is 6.42. The van der Waals surface area contributed by atoms with Gasteiger partial charge in [0.1, 0.15) is 16.6 Å². The molecule has 1 aromatic heterocycles. The number of anilines is 3. The number of hydrogen-bond donors (Lipinski definition) is 2. The summed E-state index contributed by atoms with van der Waals surface area (Å²) in [6.45, 7) is 0. The van der Waals surface area contributed by atoms with Crippen LogP contribution in [0.1, 0.15) is 11.1 Å². The third kappa shape index (κ3) is 6.85. The van der Waals surface area contributed by atoms with Crippen molar-refractivity contribution in [2.24, 2.45) is 5.10 Å². The lowest BCUT2D eigenvalue weighted by atomic mass is 10.2. The van der Waals surface area contributed by atoms with E-state index >= 15 is 0 Å². The molecule has 3 aromatic rings. The molecule has 0 unspecified atom stereocenters. The van der Waals surface area contributed by atoms with Crippen molar-refractivity contribution in [3.05, 3.63) is 69.6 Å². The molecule has 0 aliphatic rings. The van der Waals surface area contributed by atoms with E-state index in [1.165, 1.54) is 18.3 Å².